The third-order valence-corrected chi connectivity index (χ3v) is 1.37. The molecule has 0 spiro atoms. The van der Waals surface area contributed by atoms with Crippen LogP contribution >= 0.6 is 0 Å². The molecule has 62 valence electrons. The molecule has 0 aliphatic carbocycles. The summed E-state index contributed by atoms with van der Waals surface area (Å²) in [6, 6.07) is 0. The van der Waals surface area contributed by atoms with Gasteiger partial charge in [-0.2, -0.15) is 0 Å². The third-order valence-electron chi connectivity index (χ3n) is 1.37. The predicted molar refractivity (Wildman–Crippen MR) is 38.7 cm³/mol. The lowest BCUT2D eigenvalue weighted by atomic mass is 10.3. The number of aliphatic hydroxyl groups is 1. The van der Waals surface area contributed by atoms with E-state index in [1.807, 2.05) is 6.92 Å². The molecule has 10 heavy (non-hydrogen) atoms. The Morgan fingerprint density at radius 2 is 2.10 bits per heavy atom. The van der Waals surface area contributed by atoms with Gasteiger partial charge >= 0.3 is 0 Å². The van der Waals surface area contributed by atoms with Crippen molar-refractivity contribution in [2.45, 2.75) is 32.7 Å². The second kappa shape index (κ2) is 5.65. The Hall–Kier alpha value is -0.120. The average Bonchev–Trinajstić information content (AvgIpc) is 1.99. The summed E-state index contributed by atoms with van der Waals surface area (Å²) in [6.07, 6.45) is 0.497. The zero-order chi connectivity index (χ0) is 7.98. The highest BCUT2D eigenvalue weighted by Gasteiger charge is 2.08. The third kappa shape index (κ3) is 3.82. The Bertz CT molecular complexity index is 71.3. The highest BCUT2D eigenvalue weighted by molar-refractivity contribution is 4.51. The van der Waals surface area contributed by atoms with Crippen molar-refractivity contribution in [1.29, 1.82) is 0 Å². The standard InChI is InChI=1S/C7H16O3/c1-4-7(5-8)10-6(2)9-3/h6-8H,4-5H2,1-3H3. The van der Waals surface area contributed by atoms with Gasteiger partial charge in [0.15, 0.2) is 6.29 Å². The van der Waals surface area contributed by atoms with Crippen LogP contribution in [0.5, 0.6) is 0 Å². The minimum Gasteiger partial charge on any atom is -0.394 e. The number of ether oxygens (including phenoxy) is 2. The number of methoxy groups -OCH3 is 1. The predicted octanol–water partition coefficient (Wildman–Crippen LogP) is 0.766. The van der Waals surface area contributed by atoms with Crippen molar-refractivity contribution >= 4 is 0 Å². The lowest BCUT2D eigenvalue weighted by Gasteiger charge is -2.17. The molecule has 2 unspecified atom stereocenters. The maximum Gasteiger partial charge on any atom is 0.154 e. The van der Waals surface area contributed by atoms with Gasteiger partial charge in [-0.15, -0.1) is 0 Å². The first-order valence-electron chi connectivity index (χ1n) is 3.53. The van der Waals surface area contributed by atoms with Crippen LogP contribution in [0, 0.1) is 0 Å². The van der Waals surface area contributed by atoms with Crippen LogP contribution in [0.15, 0.2) is 0 Å². The number of aliphatic hydroxyl groups excluding tert-OH is 1. The topological polar surface area (TPSA) is 38.7 Å². The van der Waals surface area contributed by atoms with E-state index in [2.05, 4.69) is 0 Å². The maximum atomic E-state index is 8.69. The number of hydrogen-bond acceptors (Lipinski definition) is 3. The molecule has 1 N–H and O–H groups in total. The first-order valence-corrected chi connectivity index (χ1v) is 3.53. The average molecular weight is 148 g/mol. The summed E-state index contributed by atoms with van der Waals surface area (Å²) in [7, 11) is 1.58. The minimum atomic E-state index is -0.225. The van der Waals surface area contributed by atoms with E-state index < -0.39 is 0 Å². The Labute approximate surface area is 62.0 Å². The van der Waals surface area contributed by atoms with Crippen LogP contribution in [-0.2, 0) is 9.47 Å². The Balaban J connectivity index is 3.41. The summed E-state index contributed by atoms with van der Waals surface area (Å²) in [4.78, 5) is 0. The van der Waals surface area contributed by atoms with Gasteiger partial charge in [0.2, 0.25) is 0 Å². The summed E-state index contributed by atoms with van der Waals surface area (Å²) in [5.74, 6) is 0. The van der Waals surface area contributed by atoms with Gasteiger partial charge in [-0.05, 0) is 13.3 Å². The normalized spacial score (nSPS) is 16.8. The second-order valence-electron chi connectivity index (χ2n) is 2.15. The molecule has 0 bridgehead atoms. The molecule has 0 heterocycles. The van der Waals surface area contributed by atoms with Gasteiger partial charge in [-0.1, -0.05) is 6.92 Å². The fourth-order valence-corrected chi connectivity index (χ4v) is 0.595. The van der Waals surface area contributed by atoms with Crippen molar-refractivity contribution in [3.63, 3.8) is 0 Å². The highest BCUT2D eigenvalue weighted by atomic mass is 16.7. The monoisotopic (exact) mass is 148 g/mol. The highest BCUT2D eigenvalue weighted by Crippen LogP contribution is 2.01. The quantitative estimate of drug-likeness (QED) is 0.585. The molecule has 0 rings (SSSR count). The Kier molecular flexibility index (Phi) is 5.58. The molecule has 0 saturated carbocycles. The zero-order valence-electron chi connectivity index (χ0n) is 6.83. The van der Waals surface area contributed by atoms with Gasteiger partial charge in [0.05, 0.1) is 12.7 Å². The van der Waals surface area contributed by atoms with Gasteiger partial charge in [0.25, 0.3) is 0 Å². The SMILES string of the molecule is CCC(CO)OC(C)OC. The number of rotatable bonds is 5. The van der Waals surface area contributed by atoms with Gasteiger partial charge < -0.3 is 14.6 Å². The molecule has 3 heteroatoms. The van der Waals surface area contributed by atoms with E-state index in [9.17, 15) is 0 Å². The molecule has 0 radical (unpaired) electrons. The molecular formula is C7H16O3. The van der Waals surface area contributed by atoms with E-state index in [0.717, 1.165) is 6.42 Å². The van der Waals surface area contributed by atoms with Crippen molar-refractivity contribution in [1.82, 2.24) is 0 Å². The van der Waals surface area contributed by atoms with E-state index in [-0.39, 0.29) is 19.0 Å². The lowest BCUT2D eigenvalue weighted by Crippen LogP contribution is -2.23. The largest absolute Gasteiger partial charge is 0.394 e. The van der Waals surface area contributed by atoms with E-state index in [4.69, 9.17) is 14.6 Å². The van der Waals surface area contributed by atoms with Crippen LogP contribution in [0.4, 0.5) is 0 Å². The van der Waals surface area contributed by atoms with Gasteiger partial charge in [0, 0.05) is 7.11 Å². The van der Waals surface area contributed by atoms with E-state index in [0.29, 0.717) is 0 Å². The molecule has 2 atom stereocenters. The summed E-state index contributed by atoms with van der Waals surface area (Å²) in [6.45, 7) is 3.83. The zero-order valence-corrected chi connectivity index (χ0v) is 6.83. The van der Waals surface area contributed by atoms with Crippen LogP contribution in [0.3, 0.4) is 0 Å². The van der Waals surface area contributed by atoms with E-state index in [1.165, 1.54) is 0 Å². The lowest BCUT2D eigenvalue weighted by molar-refractivity contribution is -0.154. The van der Waals surface area contributed by atoms with Gasteiger partial charge in [-0.25, -0.2) is 0 Å². The first kappa shape index (κ1) is 9.88. The molecule has 0 aliphatic heterocycles. The summed E-state index contributed by atoms with van der Waals surface area (Å²) in [5, 5.41) is 8.69. The summed E-state index contributed by atoms with van der Waals surface area (Å²) in [5.41, 5.74) is 0. The van der Waals surface area contributed by atoms with Crippen molar-refractivity contribution in [2.75, 3.05) is 13.7 Å². The van der Waals surface area contributed by atoms with E-state index >= 15 is 0 Å². The fraction of sp³-hybridized carbons (Fsp3) is 1.00. The molecular weight excluding hydrogens is 132 g/mol. The fourth-order valence-electron chi connectivity index (χ4n) is 0.595. The van der Waals surface area contributed by atoms with Crippen molar-refractivity contribution in [2.24, 2.45) is 0 Å². The smallest absolute Gasteiger partial charge is 0.154 e. The minimum absolute atomic E-state index is 0.0597. The van der Waals surface area contributed by atoms with Crippen LogP contribution < -0.4 is 0 Å². The van der Waals surface area contributed by atoms with Crippen molar-refractivity contribution < 1.29 is 14.6 Å². The van der Waals surface area contributed by atoms with Crippen LogP contribution in [0.25, 0.3) is 0 Å². The van der Waals surface area contributed by atoms with Crippen LogP contribution in [0.1, 0.15) is 20.3 Å². The number of hydrogen-bond donors (Lipinski definition) is 1. The second-order valence-corrected chi connectivity index (χ2v) is 2.15. The molecule has 3 nitrogen and oxygen atoms in total. The van der Waals surface area contributed by atoms with Crippen LogP contribution in [-0.4, -0.2) is 31.2 Å². The van der Waals surface area contributed by atoms with Crippen molar-refractivity contribution in [3.05, 3.63) is 0 Å². The van der Waals surface area contributed by atoms with Gasteiger partial charge in [-0.3, -0.25) is 0 Å². The molecule has 0 saturated heterocycles. The van der Waals surface area contributed by atoms with Gasteiger partial charge in [0.1, 0.15) is 0 Å². The molecule has 0 aliphatic rings. The molecule has 0 aromatic heterocycles. The summed E-state index contributed by atoms with van der Waals surface area (Å²) >= 11 is 0. The molecule has 0 aromatic rings. The van der Waals surface area contributed by atoms with Crippen LogP contribution in [0.2, 0.25) is 0 Å². The molecule has 0 fully saturated rings. The Morgan fingerprint density at radius 3 is 2.40 bits per heavy atom. The Morgan fingerprint density at radius 1 is 1.50 bits per heavy atom. The first-order chi connectivity index (χ1) is 4.74. The summed E-state index contributed by atoms with van der Waals surface area (Å²) < 4.78 is 10.1. The maximum absolute atomic E-state index is 8.69. The van der Waals surface area contributed by atoms with E-state index in [1.54, 1.807) is 14.0 Å². The van der Waals surface area contributed by atoms with Crippen molar-refractivity contribution in [3.8, 4) is 0 Å². The molecule has 0 aromatic carbocycles. The molecule has 0 amide bonds.